The zero-order chi connectivity index (χ0) is 15.9. The molecule has 5 heteroatoms. The van der Waals surface area contributed by atoms with E-state index >= 15 is 0 Å². The Bertz CT molecular complexity index is 516. The summed E-state index contributed by atoms with van der Waals surface area (Å²) in [7, 11) is -2.87. The van der Waals surface area contributed by atoms with E-state index in [4.69, 9.17) is 0 Å². The summed E-state index contributed by atoms with van der Waals surface area (Å²) in [5.41, 5.74) is 1.36. The lowest BCUT2D eigenvalue weighted by Gasteiger charge is -2.20. The smallest absolute Gasteiger partial charge is 0.151 e. The molecule has 120 valence electrons. The van der Waals surface area contributed by atoms with Gasteiger partial charge in [-0.05, 0) is 44.9 Å². The second-order valence-electron chi connectivity index (χ2n) is 6.25. The first kappa shape index (κ1) is 18.5. The maximum absolute atomic E-state index is 11.6. The highest BCUT2D eigenvalue weighted by Gasteiger charge is 2.10. The SMILES string of the molecule is CCCS(=O)(=O)CCSc1ccc(CNC(C)(C)C)cc1. The van der Waals surface area contributed by atoms with Crippen molar-refractivity contribution in [3.05, 3.63) is 29.8 Å². The molecule has 0 aliphatic rings. The van der Waals surface area contributed by atoms with Crippen molar-refractivity contribution in [1.29, 1.82) is 0 Å². The molecule has 0 atom stereocenters. The summed E-state index contributed by atoms with van der Waals surface area (Å²) in [6, 6.07) is 8.33. The number of nitrogens with one attached hydrogen (secondary N) is 1. The molecule has 0 saturated heterocycles. The number of hydrogen-bond acceptors (Lipinski definition) is 4. The Kier molecular flexibility index (Phi) is 7.24. The standard InChI is InChI=1S/C16H27NO2S2/c1-5-11-21(18,19)12-10-20-15-8-6-14(7-9-15)13-17-16(2,3)4/h6-9,17H,5,10-13H2,1-4H3. The molecule has 0 unspecified atom stereocenters. The first-order valence-corrected chi connectivity index (χ1v) is 10.2. The Balaban J connectivity index is 2.41. The second kappa shape index (κ2) is 8.20. The molecule has 0 saturated carbocycles. The fraction of sp³-hybridized carbons (Fsp3) is 0.625. The lowest BCUT2D eigenvalue weighted by Crippen LogP contribution is -2.35. The average molecular weight is 330 g/mol. The van der Waals surface area contributed by atoms with Crippen LogP contribution in [-0.2, 0) is 16.4 Å². The molecule has 0 heterocycles. The van der Waals surface area contributed by atoms with Gasteiger partial charge in [0.05, 0.1) is 5.75 Å². The van der Waals surface area contributed by atoms with Crippen molar-refractivity contribution in [2.24, 2.45) is 0 Å². The van der Waals surface area contributed by atoms with Gasteiger partial charge in [-0.25, -0.2) is 8.42 Å². The first-order valence-electron chi connectivity index (χ1n) is 7.39. The molecule has 0 aliphatic carbocycles. The third-order valence-electron chi connectivity index (χ3n) is 2.92. The van der Waals surface area contributed by atoms with Crippen LogP contribution in [0.3, 0.4) is 0 Å². The van der Waals surface area contributed by atoms with Crippen LogP contribution in [0.1, 0.15) is 39.7 Å². The lowest BCUT2D eigenvalue weighted by atomic mass is 10.1. The zero-order valence-electron chi connectivity index (χ0n) is 13.5. The fourth-order valence-electron chi connectivity index (χ4n) is 1.77. The monoisotopic (exact) mass is 329 g/mol. The van der Waals surface area contributed by atoms with Crippen molar-refractivity contribution < 1.29 is 8.42 Å². The van der Waals surface area contributed by atoms with Gasteiger partial charge in [0.2, 0.25) is 0 Å². The van der Waals surface area contributed by atoms with Crippen molar-refractivity contribution in [1.82, 2.24) is 5.32 Å². The molecule has 1 aromatic carbocycles. The highest BCUT2D eigenvalue weighted by Crippen LogP contribution is 2.19. The molecule has 1 N–H and O–H groups in total. The molecule has 0 aromatic heterocycles. The molecule has 0 spiro atoms. The molecule has 0 aliphatic heterocycles. The number of thioether (sulfide) groups is 1. The predicted octanol–water partition coefficient (Wildman–Crippen LogP) is 3.49. The van der Waals surface area contributed by atoms with Gasteiger partial charge < -0.3 is 5.32 Å². The molecular weight excluding hydrogens is 302 g/mol. The van der Waals surface area contributed by atoms with E-state index in [0.717, 1.165) is 11.4 Å². The van der Waals surface area contributed by atoms with E-state index in [1.165, 1.54) is 5.56 Å². The van der Waals surface area contributed by atoms with Crippen LogP contribution in [0.5, 0.6) is 0 Å². The van der Waals surface area contributed by atoms with E-state index in [1.54, 1.807) is 11.8 Å². The normalized spacial score (nSPS) is 12.6. The van der Waals surface area contributed by atoms with E-state index < -0.39 is 9.84 Å². The lowest BCUT2D eigenvalue weighted by molar-refractivity contribution is 0.424. The summed E-state index contributed by atoms with van der Waals surface area (Å²) in [6.07, 6.45) is 0.697. The molecule has 0 amide bonds. The van der Waals surface area contributed by atoms with Crippen LogP contribution in [0, 0.1) is 0 Å². The van der Waals surface area contributed by atoms with Gasteiger partial charge in [-0.1, -0.05) is 19.1 Å². The minimum atomic E-state index is -2.87. The fourth-order valence-corrected chi connectivity index (χ4v) is 4.51. The summed E-state index contributed by atoms with van der Waals surface area (Å²) in [5.74, 6) is 1.19. The van der Waals surface area contributed by atoms with Gasteiger partial charge in [-0.2, -0.15) is 0 Å². The predicted molar refractivity (Wildman–Crippen MR) is 92.7 cm³/mol. The Morgan fingerprint density at radius 1 is 1.10 bits per heavy atom. The molecule has 0 radical (unpaired) electrons. The minimum Gasteiger partial charge on any atom is -0.308 e. The van der Waals surface area contributed by atoms with E-state index in [2.05, 4.69) is 50.4 Å². The summed E-state index contributed by atoms with van der Waals surface area (Å²) in [5, 5.41) is 3.45. The van der Waals surface area contributed by atoms with Crippen molar-refractivity contribution in [2.45, 2.75) is 51.1 Å². The van der Waals surface area contributed by atoms with Gasteiger partial charge in [0, 0.05) is 28.5 Å². The molecular formula is C16H27NO2S2. The maximum atomic E-state index is 11.6. The maximum Gasteiger partial charge on any atom is 0.151 e. The Morgan fingerprint density at radius 2 is 1.71 bits per heavy atom. The minimum absolute atomic E-state index is 0.112. The molecule has 3 nitrogen and oxygen atoms in total. The molecule has 1 aromatic rings. The Labute approximate surface area is 133 Å². The average Bonchev–Trinajstić information content (AvgIpc) is 2.36. The van der Waals surface area contributed by atoms with Crippen molar-refractivity contribution in [3.63, 3.8) is 0 Å². The van der Waals surface area contributed by atoms with Crippen LogP contribution < -0.4 is 5.32 Å². The number of rotatable bonds is 8. The van der Waals surface area contributed by atoms with Gasteiger partial charge in [-0.3, -0.25) is 0 Å². The highest BCUT2D eigenvalue weighted by molar-refractivity contribution is 8.00. The molecule has 0 bridgehead atoms. The summed E-state index contributed by atoms with van der Waals surface area (Å²) in [6.45, 7) is 9.18. The quantitative estimate of drug-likeness (QED) is 0.742. The number of benzene rings is 1. The third kappa shape index (κ3) is 8.49. The van der Waals surface area contributed by atoms with Gasteiger partial charge in [0.25, 0.3) is 0 Å². The van der Waals surface area contributed by atoms with Gasteiger partial charge in [0.15, 0.2) is 9.84 Å². The summed E-state index contributed by atoms with van der Waals surface area (Å²) < 4.78 is 23.3. The summed E-state index contributed by atoms with van der Waals surface area (Å²) in [4.78, 5) is 1.13. The van der Waals surface area contributed by atoms with Crippen LogP contribution in [-0.4, -0.2) is 31.2 Å². The van der Waals surface area contributed by atoms with E-state index in [0.29, 0.717) is 17.9 Å². The van der Waals surface area contributed by atoms with Crippen LogP contribution >= 0.6 is 11.8 Å². The second-order valence-corrected chi connectivity index (χ2v) is 9.72. The topological polar surface area (TPSA) is 46.2 Å². The molecule has 0 fully saturated rings. The first-order chi connectivity index (χ1) is 9.72. The van der Waals surface area contributed by atoms with Crippen molar-refractivity contribution in [2.75, 3.05) is 17.3 Å². The largest absolute Gasteiger partial charge is 0.308 e. The zero-order valence-corrected chi connectivity index (χ0v) is 15.1. The van der Waals surface area contributed by atoms with Crippen molar-refractivity contribution in [3.8, 4) is 0 Å². The van der Waals surface area contributed by atoms with Crippen LogP contribution in [0.4, 0.5) is 0 Å². The van der Waals surface area contributed by atoms with Crippen LogP contribution in [0.25, 0.3) is 0 Å². The Hall–Kier alpha value is -0.520. The summed E-state index contributed by atoms with van der Waals surface area (Å²) >= 11 is 1.61. The third-order valence-corrected chi connectivity index (χ3v) is 6.05. The van der Waals surface area contributed by atoms with Gasteiger partial charge in [0.1, 0.15) is 0 Å². The highest BCUT2D eigenvalue weighted by atomic mass is 32.2. The molecule has 21 heavy (non-hydrogen) atoms. The van der Waals surface area contributed by atoms with Gasteiger partial charge >= 0.3 is 0 Å². The molecule has 1 rings (SSSR count). The van der Waals surface area contributed by atoms with Crippen molar-refractivity contribution >= 4 is 21.6 Å². The Morgan fingerprint density at radius 3 is 2.24 bits per heavy atom. The number of sulfone groups is 1. The van der Waals surface area contributed by atoms with E-state index in [1.807, 2.05) is 6.92 Å². The van der Waals surface area contributed by atoms with Crippen LogP contribution in [0.2, 0.25) is 0 Å². The number of hydrogen-bond donors (Lipinski definition) is 1. The van der Waals surface area contributed by atoms with E-state index in [9.17, 15) is 8.42 Å². The van der Waals surface area contributed by atoms with Crippen LogP contribution in [0.15, 0.2) is 29.2 Å². The van der Waals surface area contributed by atoms with E-state index in [-0.39, 0.29) is 11.3 Å². The van der Waals surface area contributed by atoms with Gasteiger partial charge in [-0.15, -0.1) is 11.8 Å².